The lowest BCUT2D eigenvalue weighted by Crippen LogP contribution is -2.40. The highest BCUT2D eigenvalue weighted by atomic mass is 35.5. The lowest BCUT2D eigenvalue weighted by atomic mass is 9.76. The van der Waals surface area contributed by atoms with Gasteiger partial charge in [0.15, 0.2) is 0 Å². The molecule has 118 valence electrons. The van der Waals surface area contributed by atoms with Crippen molar-refractivity contribution in [1.82, 2.24) is 5.32 Å². The van der Waals surface area contributed by atoms with Crippen LogP contribution in [-0.2, 0) is 9.47 Å². The molecule has 0 atom stereocenters. The Bertz CT molecular complexity index is 408. The molecule has 2 rings (SSSR count). The number of methoxy groups -OCH3 is 1. The average molecular weight is 312 g/mol. The van der Waals surface area contributed by atoms with Gasteiger partial charge in [0.1, 0.15) is 0 Å². The summed E-state index contributed by atoms with van der Waals surface area (Å²) in [6.45, 7) is 3.29. The number of ether oxygens (including phenoxy) is 2. The summed E-state index contributed by atoms with van der Waals surface area (Å²) in [5.41, 5.74) is 1.31. The van der Waals surface area contributed by atoms with Crippen LogP contribution in [-0.4, -0.2) is 39.5 Å². The van der Waals surface area contributed by atoms with Crippen molar-refractivity contribution in [2.75, 3.05) is 33.5 Å². The highest BCUT2D eigenvalue weighted by Crippen LogP contribution is 2.39. The molecule has 1 aliphatic carbocycles. The van der Waals surface area contributed by atoms with E-state index in [9.17, 15) is 0 Å². The van der Waals surface area contributed by atoms with Crippen molar-refractivity contribution in [3.8, 4) is 0 Å². The predicted molar refractivity (Wildman–Crippen MR) is 87.1 cm³/mol. The molecule has 1 aromatic rings. The second-order valence-electron chi connectivity index (χ2n) is 5.65. The average Bonchev–Trinajstić information content (AvgIpc) is 2.45. The molecule has 0 saturated heterocycles. The third kappa shape index (κ3) is 5.59. The molecular formula is C17H26ClNO2. The first-order valence-corrected chi connectivity index (χ1v) is 8.23. The third-order valence-electron chi connectivity index (χ3n) is 4.06. The molecule has 3 nitrogen and oxygen atoms in total. The van der Waals surface area contributed by atoms with Crippen molar-refractivity contribution in [3.63, 3.8) is 0 Å². The van der Waals surface area contributed by atoms with Crippen molar-refractivity contribution in [3.05, 3.63) is 34.9 Å². The van der Waals surface area contributed by atoms with Crippen molar-refractivity contribution < 1.29 is 9.47 Å². The maximum absolute atomic E-state index is 6.23. The van der Waals surface area contributed by atoms with Gasteiger partial charge in [-0.1, -0.05) is 29.8 Å². The van der Waals surface area contributed by atoms with Crippen molar-refractivity contribution in [2.45, 2.75) is 37.6 Å². The first-order chi connectivity index (χ1) is 10.3. The van der Waals surface area contributed by atoms with Crippen LogP contribution in [0.15, 0.2) is 24.3 Å². The van der Waals surface area contributed by atoms with Crippen molar-refractivity contribution in [1.29, 1.82) is 0 Å². The molecular weight excluding hydrogens is 286 g/mol. The van der Waals surface area contributed by atoms with Gasteiger partial charge in [-0.25, -0.2) is 0 Å². The molecule has 0 amide bonds. The topological polar surface area (TPSA) is 30.5 Å². The molecule has 0 unspecified atom stereocenters. The molecule has 4 heteroatoms. The Morgan fingerprint density at radius 3 is 2.71 bits per heavy atom. The summed E-state index contributed by atoms with van der Waals surface area (Å²) >= 11 is 6.23. The SMILES string of the molecule is COCCOCCCCNC1CC(c2ccccc2Cl)C1. The second-order valence-corrected chi connectivity index (χ2v) is 6.06. The Morgan fingerprint density at radius 2 is 1.95 bits per heavy atom. The number of hydrogen-bond acceptors (Lipinski definition) is 3. The predicted octanol–water partition coefficient (Wildman–Crippen LogP) is 3.62. The van der Waals surface area contributed by atoms with Gasteiger partial charge in [-0.3, -0.25) is 0 Å². The molecule has 0 radical (unpaired) electrons. The fourth-order valence-corrected chi connectivity index (χ4v) is 3.01. The Balaban J connectivity index is 1.49. The van der Waals surface area contributed by atoms with E-state index in [1.165, 1.54) is 24.8 Å². The molecule has 1 aliphatic rings. The maximum atomic E-state index is 6.23. The molecule has 0 bridgehead atoms. The minimum atomic E-state index is 0.633. The van der Waals surface area contributed by atoms with E-state index in [1.54, 1.807) is 7.11 Å². The molecule has 0 aromatic heterocycles. The van der Waals surface area contributed by atoms with Crippen LogP contribution in [0.1, 0.15) is 37.2 Å². The van der Waals surface area contributed by atoms with Crippen LogP contribution in [0, 0.1) is 0 Å². The minimum Gasteiger partial charge on any atom is -0.382 e. The molecule has 0 aliphatic heterocycles. The summed E-state index contributed by atoms with van der Waals surface area (Å²) < 4.78 is 10.4. The van der Waals surface area contributed by atoms with E-state index < -0.39 is 0 Å². The molecule has 21 heavy (non-hydrogen) atoms. The Morgan fingerprint density at radius 1 is 1.14 bits per heavy atom. The van der Waals surface area contributed by atoms with Gasteiger partial charge in [-0.2, -0.15) is 0 Å². The van der Waals surface area contributed by atoms with E-state index in [-0.39, 0.29) is 0 Å². The van der Waals surface area contributed by atoms with E-state index in [0.29, 0.717) is 25.2 Å². The van der Waals surface area contributed by atoms with E-state index in [1.807, 2.05) is 12.1 Å². The fourth-order valence-electron chi connectivity index (χ4n) is 2.72. The molecule has 1 fully saturated rings. The number of nitrogens with one attached hydrogen (secondary N) is 1. The zero-order valence-corrected chi connectivity index (χ0v) is 13.6. The van der Waals surface area contributed by atoms with E-state index in [4.69, 9.17) is 21.1 Å². The summed E-state index contributed by atoms with van der Waals surface area (Å²) in [5, 5.41) is 4.53. The number of unbranched alkanes of at least 4 members (excludes halogenated alkanes) is 1. The van der Waals surface area contributed by atoms with Gasteiger partial charge in [-0.05, 0) is 49.8 Å². The molecule has 1 N–H and O–H groups in total. The highest BCUT2D eigenvalue weighted by molar-refractivity contribution is 6.31. The smallest absolute Gasteiger partial charge is 0.0700 e. The van der Waals surface area contributed by atoms with Crippen LogP contribution >= 0.6 is 11.6 Å². The summed E-state index contributed by atoms with van der Waals surface area (Å²) in [5.74, 6) is 0.633. The number of rotatable bonds is 10. The Hall–Kier alpha value is -0.610. The van der Waals surface area contributed by atoms with Crippen LogP contribution < -0.4 is 5.32 Å². The summed E-state index contributed by atoms with van der Waals surface area (Å²) in [4.78, 5) is 0. The maximum Gasteiger partial charge on any atom is 0.0700 e. The van der Waals surface area contributed by atoms with Gasteiger partial charge < -0.3 is 14.8 Å². The van der Waals surface area contributed by atoms with Crippen LogP contribution in [0.3, 0.4) is 0 Å². The van der Waals surface area contributed by atoms with Crippen molar-refractivity contribution >= 4 is 11.6 Å². The zero-order chi connectivity index (χ0) is 14.9. The quantitative estimate of drug-likeness (QED) is 0.669. The van der Waals surface area contributed by atoms with Crippen LogP contribution in [0.4, 0.5) is 0 Å². The van der Waals surface area contributed by atoms with E-state index >= 15 is 0 Å². The monoisotopic (exact) mass is 311 g/mol. The van der Waals surface area contributed by atoms with Gasteiger partial charge in [0.25, 0.3) is 0 Å². The molecule has 0 spiro atoms. The number of halogens is 1. The molecule has 0 heterocycles. The molecule has 1 aromatic carbocycles. The third-order valence-corrected chi connectivity index (χ3v) is 4.41. The summed E-state index contributed by atoms with van der Waals surface area (Å²) in [6.07, 6.45) is 4.68. The van der Waals surface area contributed by atoms with Crippen LogP contribution in [0.25, 0.3) is 0 Å². The Labute approximate surface area is 133 Å². The van der Waals surface area contributed by atoms with Gasteiger partial charge in [-0.15, -0.1) is 0 Å². The van der Waals surface area contributed by atoms with Crippen LogP contribution in [0.5, 0.6) is 0 Å². The van der Waals surface area contributed by atoms with Gasteiger partial charge in [0.2, 0.25) is 0 Å². The van der Waals surface area contributed by atoms with E-state index in [2.05, 4.69) is 17.4 Å². The molecule has 1 saturated carbocycles. The minimum absolute atomic E-state index is 0.633. The lowest BCUT2D eigenvalue weighted by molar-refractivity contribution is 0.0686. The summed E-state index contributed by atoms with van der Waals surface area (Å²) in [7, 11) is 1.70. The first kappa shape index (κ1) is 16.8. The Kier molecular flexibility index (Phi) is 7.51. The van der Waals surface area contributed by atoms with Gasteiger partial charge in [0.05, 0.1) is 13.2 Å². The number of hydrogen-bond donors (Lipinski definition) is 1. The van der Waals surface area contributed by atoms with Crippen LogP contribution in [0.2, 0.25) is 5.02 Å². The first-order valence-electron chi connectivity index (χ1n) is 7.85. The zero-order valence-electron chi connectivity index (χ0n) is 12.8. The van der Waals surface area contributed by atoms with E-state index in [0.717, 1.165) is 24.6 Å². The largest absolute Gasteiger partial charge is 0.382 e. The fraction of sp³-hybridized carbons (Fsp3) is 0.647. The van der Waals surface area contributed by atoms with Crippen molar-refractivity contribution in [2.24, 2.45) is 0 Å². The summed E-state index contributed by atoms with van der Waals surface area (Å²) in [6, 6.07) is 8.86. The normalized spacial score (nSPS) is 21.2. The second kappa shape index (κ2) is 9.42. The van der Waals surface area contributed by atoms with Gasteiger partial charge >= 0.3 is 0 Å². The number of benzene rings is 1. The highest BCUT2D eigenvalue weighted by Gasteiger charge is 2.30. The lowest BCUT2D eigenvalue weighted by Gasteiger charge is -2.37. The standard InChI is InChI=1S/C17H26ClNO2/c1-20-10-11-21-9-5-4-8-19-15-12-14(13-15)16-6-2-3-7-17(16)18/h2-3,6-7,14-15,19H,4-5,8-13H2,1H3. The van der Waals surface area contributed by atoms with Gasteiger partial charge in [0, 0.05) is 24.8 Å².